The van der Waals surface area contributed by atoms with Crippen molar-refractivity contribution in [2.75, 3.05) is 14.1 Å². The van der Waals surface area contributed by atoms with Crippen molar-refractivity contribution in [1.82, 2.24) is 4.90 Å². The Labute approximate surface area is 142 Å². The molecule has 0 saturated heterocycles. The summed E-state index contributed by atoms with van der Waals surface area (Å²) in [6, 6.07) is 11.4. The van der Waals surface area contributed by atoms with Gasteiger partial charge in [-0.1, -0.05) is 18.2 Å². The van der Waals surface area contributed by atoms with E-state index in [1.807, 2.05) is 0 Å². The fourth-order valence-corrected chi connectivity index (χ4v) is 5.61. The summed E-state index contributed by atoms with van der Waals surface area (Å²) < 4.78 is 0. The molecule has 0 amide bonds. The molecule has 1 aliphatic rings. The van der Waals surface area contributed by atoms with Crippen LogP contribution in [0, 0.1) is 42.5 Å². The van der Waals surface area contributed by atoms with Crippen LogP contribution < -0.4 is 5.30 Å². The van der Waals surface area contributed by atoms with Gasteiger partial charge in [0.1, 0.15) is 0 Å². The van der Waals surface area contributed by atoms with Gasteiger partial charge in [0, 0.05) is 49.8 Å². The van der Waals surface area contributed by atoms with E-state index < -0.39 is 7.92 Å². The van der Waals surface area contributed by atoms with Crippen molar-refractivity contribution in [3.05, 3.63) is 37.0 Å². The summed E-state index contributed by atoms with van der Waals surface area (Å²) in [5.41, 5.74) is 0.731. The minimum Gasteiger partial charge on any atom is -0.306 e. The van der Waals surface area contributed by atoms with Crippen LogP contribution >= 0.6 is 7.92 Å². The van der Waals surface area contributed by atoms with E-state index >= 15 is 0 Å². The molecule has 0 bridgehead atoms. The van der Waals surface area contributed by atoms with Crippen LogP contribution in [0.3, 0.4) is 0 Å². The predicted molar refractivity (Wildman–Crippen MR) is 83.0 cm³/mol. The van der Waals surface area contributed by atoms with Gasteiger partial charge in [-0.2, -0.15) is 0 Å². The van der Waals surface area contributed by atoms with Gasteiger partial charge >= 0.3 is 0 Å². The second-order valence-electron chi connectivity index (χ2n) is 5.73. The molecule has 1 aromatic carbocycles. The van der Waals surface area contributed by atoms with Crippen LogP contribution in [0.5, 0.6) is 0 Å². The van der Waals surface area contributed by atoms with E-state index in [2.05, 4.69) is 56.3 Å². The average Bonchev–Trinajstić information content (AvgIpc) is 2.87. The monoisotopic (exact) mass is 498 g/mol. The number of nitrogens with zero attached hydrogens (tertiary/aromatic N) is 1. The quantitative estimate of drug-likeness (QED) is 0.575. The minimum atomic E-state index is -0.897. The first kappa shape index (κ1) is 17.7. The standard InChI is InChI=1S/C16H25NP.Np/c1-13(17(2)3)15-11-8-12-16(15)18(4)14-9-6-5-7-10-14;/h4-7,9-10,13,15-16,18H,8,11-12H2,1-3H3;/q+1;/t13-,15?,16?;/m1./s1. The molecule has 0 N–H and O–H groups in total. The molecular formula is C16H25NNpP+. The predicted octanol–water partition coefficient (Wildman–Crippen LogP) is 3.31. The molecule has 0 aromatic heterocycles. The maximum absolute atomic E-state index is 6.61. The summed E-state index contributed by atoms with van der Waals surface area (Å²) in [6.45, 7) is 8.96. The van der Waals surface area contributed by atoms with Crippen molar-refractivity contribution >= 4 is 13.2 Å². The molecule has 1 saturated carbocycles. The maximum atomic E-state index is 6.61. The maximum Gasteiger partial charge on any atom is 0.153 e. The van der Waals surface area contributed by atoms with E-state index in [1.165, 1.54) is 24.6 Å². The Morgan fingerprint density at radius 3 is 2.42 bits per heavy atom. The Hall–Kier alpha value is 0.623. The number of benzene rings is 1. The first-order valence-electron chi connectivity index (χ1n) is 6.95. The zero-order valence-electron chi connectivity index (χ0n) is 12.2. The van der Waals surface area contributed by atoms with Crippen LogP contribution in [0.1, 0.15) is 26.2 Å². The Morgan fingerprint density at radius 1 is 1.21 bits per heavy atom. The van der Waals surface area contributed by atoms with Crippen LogP contribution in [0.15, 0.2) is 30.3 Å². The molecule has 3 radical (unpaired) electrons. The summed E-state index contributed by atoms with van der Waals surface area (Å²) >= 11 is 0. The zero-order valence-corrected chi connectivity index (χ0v) is 16.9. The van der Waals surface area contributed by atoms with Gasteiger partial charge in [-0.25, -0.2) is 0 Å². The van der Waals surface area contributed by atoms with Crippen molar-refractivity contribution in [2.45, 2.75) is 37.9 Å². The molecule has 0 heterocycles. The van der Waals surface area contributed by atoms with Crippen molar-refractivity contribution in [3.8, 4) is 0 Å². The number of hydrogen-bond donors (Lipinski definition) is 0. The van der Waals surface area contributed by atoms with E-state index in [-0.39, 0.29) is 29.9 Å². The Kier molecular flexibility index (Phi) is 7.59. The second-order valence-corrected chi connectivity index (χ2v) is 7.96. The van der Waals surface area contributed by atoms with Crippen molar-refractivity contribution in [2.24, 2.45) is 5.92 Å². The van der Waals surface area contributed by atoms with Gasteiger partial charge in [-0.05, 0) is 52.4 Å². The number of rotatable bonds is 4. The van der Waals surface area contributed by atoms with Crippen molar-refractivity contribution < 1.29 is 29.9 Å². The topological polar surface area (TPSA) is 3.24 Å². The van der Waals surface area contributed by atoms with Gasteiger partial charge in [-0.15, -0.1) is 0 Å². The summed E-state index contributed by atoms with van der Waals surface area (Å²) in [4.78, 5) is 2.35. The van der Waals surface area contributed by atoms with Gasteiger partial charge in [0.2, 0.25) is 0 Å². The van der Waals surface area contributed by atoms with E-state index in [1.54, 1.807) is 0 Å². The molecule has 0 aliphatic heterocycles. The Balaban J connectivity index is 0.00000180. The second kappa shape index (κ2) is 8.16. The normalized spacial score (nSPS) is 25.9. The minimum absolute atomic E-state index is 0. The first-order valence-corrected chi connectivity index (χ1v) is 8.61. The third-order valence-electron chi connectivity index (χ3n) is 4.51. The SMILES string of the molecule is [CH][PH+](c1ccccc1)C1CCCC1[C@@H](C)N(C)C.[Np]. The zero-order chi connectivity index (χ0) is 13.1. The average molecular weight is 499 g/mol. The van der Waals surface area contributed by atoms with E-state index in [0.29, 0.717) is 6.04 Å². The van der Waals surface area contributed by atoms with Gasteiger partial charge in [0.05, 0.1) is 11.0 Å². The van der Waals surface area contributed by atoms with Crippen molar-refractivity contribution in [3.63, 3.8) is 0 Å². The molecule has 1 aliphatic carbocycles. The Bertz CT molecular complexity index is 368. The van der Waals surface area contributed by atoms with Crippen LogP contribution in [-0.2, 0) is 0 Å². The molecule has 3 unspecified atom stereocenters. The third-order valence-corrected chi connectivity index (χ3v) is 7.03. The third kappa shape index (κ3) is 4.29. The summed E-state index contributed by atoms with van der Waals surface area (Å²) in [6.07, 6.45) is 4.02. The van der Waals surface area contributed by atoms with Gasteiger partial charge in [-0.3, -0.25) is 0 Å². The molecule has 4 atom stereocenters. The summed E-state index contributed by atoms with van der Waals surface area (Å²) in [5, 5.41) is 1.39. The Morgan fingerprint density at radius 2 is 1.84 bits per heavy atom. The van der Waals surface area contributed by atoms with E-state index in [0.717, 1.165) is 11.6 Å². The molecule has 19 heavy (non-hydrogen) atoms. The molecule has 1 fully saturated rings. The van der Waals surface area contributed by atoms with Crippen LogP contribution in [0.25, 0.3) is 0 Å². The molecule has 0 spiro atoms. The first-order chi connectivity index (χ1) is 8.61. The fourth-order valence-electron chi connectivity index (χ4n) is 3.18. The number of hydrogen-bond acceptors (Lipinski definition) is 1. The van der Waals surface area contributed by atoms with E-state index in [4.69, 9.17) is 6.66 Å². The van der Waals surface area contributed by atoms with Crippen LogP contribution in [-0.4, -0.2) is 30.7 Å². The summed E-state index contributed by atoms with van der Waals surface area (Å²) in [5.74, 6) is 0.777. The molecule has 2 rings (SSSR count). The molecule has 3 heteroatoms. The van der Waals surface area contributed by atoms with Crippen LogP contribution in [0.2, 0.25) is 0 Å². The summed E-state index contributed by atoms with van der Waals surface area (Å²) in [7, 11) is 3.47. The van der Waals surface area contributed by atoms with E-state index in [9.17, 15) is 0 Å². The molecule has 1 aromatic rings. The molecule has 103 valence electrons. The van der Waals surface area contributed by atoms with Gasteiger partial charge in [0.25, 0.3) is 0 Å². The molecule has 1 nitrogen and oxygen atoms in total. The van der Waals surface area contributed by atoms with Crippen molar-refractivity contribution in [1.29, 1.82) is 0 Å². The smallest absolute Gasteiger partial charge is 0.153 e. The largest absolute Gasteiger partial charge is 0.306 e. The van der Waals surface area contributed by atoms with Gasteiger partial charge in [0.15, 0.2) is 6.66 Å². The van der Waals surface area contributed by atoms with Crippen LogP contribution in [0.4, 0.5) is 0 Å². The fraction of sp³-hybridized carbons (Fsp3) is 0.562. The molecular weight excluding hydrogens is 474 g/mol. The van der Waals surface area contributed by atoms with Gasteiger partial charge < -0.3 is 4.90 Å².